The van der Waals surface area contributed by atoms with Gasteiger partial charge in [-0.2, -0.15) is 0 Å². The van der Waals surface area contributed by atoms with Crippen LogP contribution in [0.15, 0.2) is 18.2 Å². The Kier molecular flexibility index (Phi) is 6.68. The average molecular weight is 397 g/mol. The molecule has 2 aliphatic rings. The highest BCUT2D eigenvalue weighted by Gasteiger charge is 2.25. The van der Waals surface area contributed by atoms with E-state index in [2.05, 4.69) is 9.80 Å². The predicted molar refractivity (Wildman–Crippen MR) is 102 cm³/mol. The van der Waals surface area contributed by atoms with Crippen LogP contribution >= 0.6 is 11.6 Å². The molecule has 6 nitrogen and oxygen atoms in total. The minimum Gasteiger partial charge on any atom is -0.339 e. The average Bonchev–Trinajstić information content (AvgIpc) is 2.66. The Morgan fingerprint density at radius 1 is 0.963 bits per heavy atom. The summed E-state index contributed by atoms with van der Waals surface area (Å²) in [6, 6.07) is 4.75. The Morgan fingerprint density at radius 3 is 2.15 bits per heavy atom. The third-order valence-electron chi connectivity index (χ3n) is 5.34. The first kappa shape index (κ1) is 20.0. The molecular formula is C19H26ClFN4O2. The lowest BCUT2D eigenvalue weighted by Crippen LogP contribution is -2.54. The molecule has 2 heterocycles. The van der Waals surface area contributed by atoms with Crippen LogP contribution in [0.2, 0.25) is 5.02 Å². The van der Waals surface area contributed by atoms with Crippen molar-refractivity contribution in [2.24, 2.45) is 0 Å². The molecule has 0 spiro atoms. The Balaban J connectivity index is 1.43. The van der Waals surface area contributed by atoms with E-state index in [1.807, 2.05) is 4.90 Å². The van der Waals surface area contributed by atoms with E-state index in [1.165, 1.54) is 6.07 Å². The fraction of sp³-hybridized carbons (Fsp3) is 0.579. The molecule has 0 atom stereocenters. The molecule has 2 aliphatic heterocycles. The largest absolute Gasteiger partial charge is 0.339 e. The standard InChI is InChI=1S/C19H26ClFN4O2/c1-15(26)24-9-11-25(12-10-24)19(27)14-23-7-5-22(6-8-23)13-16-17(20)3-2-4-18(16)21/h2-4H,5-14H2,1H3. The molecule has 27 heavy (non-hydrogen) atoms. The molecule has 3 rings (SSSR count). The maximum atomic E-state index is 13.9. The molecule has 0 radical (unpaired) electrons. The van der Waals surface area contributed by atoms with Gasteiger partial charge in [-0.1, -0.05) is 17.7 Å². The number of benzene rings is 1. The zero-order valence-electron chi connectivity index (χ0n) is 15.7. The highest BCUT2D eigenvalue weighted by Crippen LogP contribution is 2.21. The lowest BCUT2D eigenvalue weighted by atomic mass is 10.2. The van der Waals surface area contributed by atoms with Gasteiger partial charge in [0.15, 0.2) is 0 Å². The van der Waals surface area contributed by atoms with Crippen molar-refractivity contribution in [3.63, 3.8) is 0 Å². The molecule has 0 N–H and O–H groups in total. The van der Waals surface area contributed by atoms with Gasteiger partial charge in [-0.15, -0.1) is 0 Å². The number of rotatable bonds is 4. The van der Waals surface area contributed by atoms with Crippen molar-refractivity contribution < 1.29 is 14.0 Å². The monoisotopic (exact) mass is 396 g/mol. The van der Waals surface area contributed by atoms with Crippen LogP contribution in [0.5, 0.6) is 0 Å². The third-order valence-corrected chi connectivity index (χ3v) is 5.70. The summed E-state index contributed by atoms with van der Waals surface area (Å²) >= 11 is 6.11. The summed E-state index contributed by atoms with van der Waals surface area (Å²) in [4.78, 5) is 31.8. The fourth-order valence-electron chi connectivity index (χ4n) is 3.57. The topological polar surface area (TPSA) is 47.1 Å². The molecule has 8 heteroatoms. The summed E-state index contributed by atoms with van der Waals surface area (Å²) in [5, 5.41) is 0.456. The minimum atomic E-state index is -0.273. The van der Waals surface area contributed by atoms with E-state index in [4.69, 9.17) is 11.6 Å². The van der Waals surface area contributed by atoms with Crippen molar-refractivity contribution in [2.45, 2.75) is 13.5 Å². The Hall–Kier alpha value is -1.70. The lowest BCUT2D eigenvalue weighted by molar-refractivity contribution is -0.139. The zero-order chi connectivity index (χ0) is 19.4. The molecule has 0 bridgehead atoms. The zero-order valence-corrected chi connectivity index (χ0v) is 16.4. The molecule has 2 amide bonds. The second kappa shape index (κ2) is 8.99. The molecule has 1 aromatic rings. The molecule has 2 fully saturated rings. The van der Waals surface area contributed by atoms with E-state index in [0.717, 1.165) is 26.2 Å². The maximum absolute atomic E-state index is 13.9. The molecule has 0 unspecified atom stereocenters. The first-order valence-corrected chi connectivity index (χ1v) is 9.72. The Morgan fingerprint density at radius 2 is 1.56 bits per heavy atom. The number of halogens is 2. The maximum Gasteiger partial charge on any atom is 0.236 e. The normalized spacial score (nSPS) is 19.4. The fourth-order valence-corrected chi connectivity index (χ4v) is 3.80. The molecule has 148 valence electrons. The summed E-state index contributed by atoms with van der Waals surface area (Å²) in [6.45, 7) is 7.95. The summed E-state index contributed by atoms with van der Waals surface area (Å²) in [5.74, 6) is -0.0956. The van der Waals surface area contributed by atoms with Gasteiger partial charge in [0, 0.05) is 76.4 Å². The van der Waals surface area contributed by atoms with Crippen LogP contribution in [0.3, 0.4) is 0 Å². The number of amides is 2. The summed E-state index contributed by atoms with van der Waals surface area (Å²) in [7, 11) is 0. The van der Waals surface area contributed by atoms with E-state index in [0.29, 0.717) is 49.9 Å². The first-order chi connectivity index (χ1) is 12.9. The highest BCUT2D eigenvalue weighted by atomic mass is 35.5. The number of hydrogen-bond acceptors (Lipinski definition) is 4. The van der Waals surface area contributed by atoms with Gasteiger partial charge >= 0.3 is 0 Å². The van der Waals surface area contributed by atoms with Crippen molar-refractivity contribution in [2.75, 3.05) is 58.9 Å². The van der Waals surface area contributed by atoms with Crippen LogP contribution in [0.4, 0.5) is 4.39 Å². The van der Waals surface area contributed by atoms with Crippen LogP contribution in [0, 0.1) is 5.82 Å². The second-order valence-corrected chi connectivity index (χ2v) is 7.55. The lowest BCUT2D eigenvalue weighted by Gasteiger charge is -2.37. The minimum absolute atomic E-state index is 0.0631. The molecule has 0 aromatic heterocycles. The molecule has 0 saturated carbocycles. The van der Waals surface area contributed by atoms with Gasteiger partial charge in [0.05, 0.1) is 6.54 Å². The van der Waals surface area contributed by atoms with Crippen molar-refractivity contribution in [3.8, 4) is 0 Å². The van der Waals surface area contributed by atoms with Crippen LogP contribution in [-0.4, -0.2) is 90.3 Å². The van der Waals surface area contributed by atoms with Crippen LogP contribution < -0.4 is 0 Å². The van der Waals surface area contributed by atoms with Gasteiger partial charge in [-0.05, 0) is 12.1 Å². The number of hydrogen-bond donors (Lipinski definition) is 0. The van der Waals surface area contributed by atoms with E-state index in [-0.39, 0.29) is 17.6 Å². The number of carbonyl (C=O) groups is 2. The highest BCUT2D eigenvalue weighted by molar-refractivity contribution is 6.31. The van der Waals surface area contributed by atoms with Gasteiger partial charge in [-0.3, -0.25) is 19.4 Å². The number of carbonyl (C=O) groups excluding carboxylic acids is 2. The summed E-state index contributed by atoms with van der Waals surface area (Å²) in [5.41, 5.74) is 0.534. The van der Waals surface area contributed by atoms with Crippen molar-refractivity contribution in [1.29, 1.82) is 0 Å². The van der Waals surface area contributed by atoms with Gasteiger partial charge in [0.1, 0.15) is 5.82 Å². The number of nitrogens with zero attached hydrogens (tertiary/aromatic N) is 4. The van der Waals surface area contributed by atoms with Gasteiger partial charge < -0.3 is 9.80 Å². The SMILES string of the molecule is CC(=O)N1CCN(C(=O)CN2CCN(Cc3c(F)cccc3Cl)CC2)CC1. The van der Waals surface area contributed by atoms with E-state index >= 15 is 0 Å². The quantitative estimate of drug-likeness (QED) is 0.769. The molecule has 1 aromatic carbocycles. The molecule has 2 saturated heterocycles. The predicted octanol–water partition coefficient (Wildman–Crippen LogP) is 1.29. The van der Waals surface area contributed by atoms with Gasteiger partial charge in [0.25, 0.3) is 0 Å². The van der Waals surface area contributed by atoms with Crippen LogP contribution in [0.25, 0.3) is 0 Å². The first-order valence-electron chi connectivity index (χ1n) is 9.35. The molecule has 0 aliphatic carbocycles. The van der Waals surface area contributed by atoms with Crippen LogP contribution in [0.1, 0.15) is 12.5 Å². The Bertz CT molecular complexity index is 666. The van der Waals surface area contributed by atoms with E-state index in [9.17, 15) is 14.0 Å². The van der Waals surface area contributed by atoms with Crippen molar-refractivity contribution in [3.05, 3.63) is 34.6 Å². The Labute approximate surface area is 164 Å². The molecular weight excluding hydrogens is 371 g/mol. The number of piperazine rings is 2. The van der Waals surface area contributed by atoms with E-state index < -0.39 is 0 Å². The van der Waals surface area contributed by atoms with Crippen LogP contribution in [-0.2, 0) is 16.1 Å². The van der Waals surface area contributed by atoms with Crippen molar-refractivity contribution >= 4 is 23.4 Å². The summed E-state index contributed by atoms with van der Waals surface area (Å²) < 4.78 is 13.9. The van der Waals surface area contributed by atoms with Gasteiger partial charge in [-0.25, -0.2) is 4.39 Å². The van der Waals surface area contributed by atoms with Gasteiger partial charge in [0.2, 0.25) is 11.8 Å². The summed E-state index contributed by atoms with van der Waals surface area (Å²) in [6.07, 6.45) is 0. The third kappa shape index (κ3) is 5.18. The second-order valence-electron chi connectivity index (χ2n) is 7.14. The smallest absolute Gasteiger partial charge is 0.236 e. The van der Waals surface area contributed by atoms with E-state index in [1.54, 1.807) is 24.0 Å². The van der Waals surface area contributed by atoms with Crippen molar-refractivity contribution in [1.82, 2.24) is 19.6 Å².